The van der Waals surface area contributed by atoms with Crippen LogP contribution in [-0.4, -0.2) is 46.3 Å². The van der Waals surface area contributed by atoms with E-state index in [0.29, 0.717) is 29.7 Å². The van der Waals surface area contributed by atoms with Crippen LogP contribution in [0.4, 0.5) is 5.69 Å². The first-order chi connectivity index (χ1) is 10.1. The van der Waals surface area contributed by atoms with Crippen molar-refractivity contribution in [2.45, 2.75) is 13.0 Å². The molecule has 0 bridgehead atoms. The number of fused-ring (bicyclic) bond motifs is 1. The van der Waals surface area contributed by atoms with E-state index in [-0.39, 0.29) is 11.6 Å². The minimum atomic E-state index is -1.15. The number of amides is 1. The molecule has 1 aromatic heterocycles. The molecular formula is C14H14N4O3. The predicted molar refractivity (Wildman–Crippen MR) is 76.3 cm³/mol. The summed E-state index contributed by atoms with van der Waals surface area (Å²) in [6.07, 6.45) is 0. The molecule has 2 aromatic rings. The SMILES string of the molecule is CC1C(=O)NCCN1c1c(C(=O)O)nnc2ccccc12. The maximum absolute atomic E-state index is 11.9. The third-order valence-corrected chi connectivity index (χ3v) is 3.63. The van der Waals surface area contributed by atoms with E-state index in [1.54, 1.807) is 24.0 Å². The number of piperazine rings is 1. The summed E-state index contributed by atoms with van der Waals surface area (Å²) < 4.78 is 0. The molecule has 0 radical (unpaired) electrons. The lowest BCUT2D eigenvalue weighted by Crippen LogP contribution is -2.54. The van der Waals surface area contributed by atoms with Crippen molar-refractivity contribution in [2.24, 2.45) is 0 Å². The first-order valence-corrected chi connectivity index (χ1v) is 6.62. The molecule has 7 heteroatoms. The van der Waals surface area contributed by atoms with Crippen LogP contribution in [0.25, 0.3) is 10.9 Å². The number of rotatable bonds is 2. The van der Waals surface area contributed by atoms with Gasteiger partial charge in [-0.05, 0) is 13.0 Å². The van der Waals surface area contributed by atoms with Crippen LogP contribution in [0.15, 0.2) is 24.3 Å². The monoisotopic (exact) mass is 286 g/mol. The molecule has 0 spiro atoms. The average molecular weight is 286 g/mol. The second kappa shape index (κ2) is 5.01. The Hall–Kier alpha value is -2.70. The van der Waals surface area contributed by atoms with Gasteiger partial charge in [-0.15, -0.1) is 10.2 Å². The Bertz CT molecular complexity index is 731. The van der Waals surface area contributed by atoms with Crippen molar-refractivity contribution in [1.29, 1.82) is 0 Å². The molecule has 21 heavy (non-hydrogen) atoms. The second-order valence-corrected chi connectivity index (χ2v) is 4.88. The number of carboxylic acid groups (broad SMARTS) is 1. The van der Waals surface area contributed by atoms with E-state index < -0.39 is 12.0 Å². The van der Waals surface area contributed by atoms with E-state index >= 15 is 0 Å². The Morgan fingerprint density at radius 3 is 2.90 bits per heavy atom. The van der Waals surface area contributed by atoms with Gasteiger partial charge in [-0.2, -0.15) is 0 Å². The number of carboxylic acids is 1. The molecule has 1 aromatic carbocycles. The Kier molecular flexibility index (Phi) is 3.17. The van der Waals surface area contributed by atoms with E-state index in [1.807, 2.05) is 12.1 Å². The van der Waals surface area contributed by atoms with Gasteiger partial charge in [0.1, 0.15) is 6.04 Å². The van der Waals surface area contributed by atoms with Gasteiger partial charge in [0.2, 0.25) is 5.91 Å². The summed E-state index contributed by atoms with van der Waals surface area (Å²) in [4.78, 5) is 25.1. The highest BCUT2D eigenvalue weighted by molar-refractivity contribution is 6.04. The minimum absolute atomic E-state index is 0.126. The zero-order valence-corrected chi connectivity index (χ0v) is 11.4. The summed E-state index contributed by atoms with van der Waals surface area (Å²) in [6, 6.07) is 6.74. The van der Waals surface area contributed by atoms with Crippen molar-refractivity contribution in [2.75, 3.05) is 18.0 Å². The van der Waals surface area contributed by atoms with Crippen LogP contribution < -0.4 is 10.2 Å². The van der Waals surface area contributed by atoms with Gasteiger partial charge in [-0.1, -0.05) is 18.2 Å². The largest absolute Gasteiger partial charge is 0.476 e. The average Bonchev–Trinajstić information content (AvgIpc) is 2.49. The Morgan fingerprint density at radius 2 is 2.14 bits per heavy atom. The van der Waals surface area contributed by atoms with Crippen molar-refractivity contribution in [3.8, 4) is 0 Å². The van der Waals surface area contributed by atoms with Crippen molar-refractivity contribution >= 4 is 28.5 Å². The van der Waals surface area contributed by atoms with Gasteiger partial charge in [-0.3, -0.25) is 4.79 Å². The first kappa shape index (κ1) is 13.3. The molecule has 3 rings (SSSR count). The van der Waals surface area contributed by atoms with E-state index in [2.05, 4.69) is 15.5 Å². The van der Waals surface area contributed by atoms with Gasteiger partial charge in [0.05, 0.1) is 11.2 Å². The zero-order valence-electron chi connectivity index (χ0n) is 11.4. The van der Waals surface area contributed by atoms with Crippen molar-refractivity contribution in [1.82, 2.24) is 15.5 Å². The molecule has 1 fully saturated rings. The molecular weight excluding hydrogens is 272 g/mol. The standard InChI is InChI=1S/C14H14N4O3/c1-8-13(19)15-6-7-18(8)12-9-4-2-3-5-10(9)16-17-11(12)14(20)21/h2-5,8H,6-7H2,1H3,(H,15,19)(H,20,21). The van der Waals surface area contributed by atoms with E-state index in [4.69, 9.17) is 0 Å². The summed E-state index contributed by atoms with van der Waals surface area (Å²) in [5, 5.41) is 20.6. The quantitative estimate of drug-likeness (QED) is 0.841. The number of hydrogen-bond acceptors (Lipinski definition) is 5. The Morgan fingerprint density at radius 1 is 1.38 bits per heavy atom. The third-order valence-electron chi connectivity index (χ3n) is 3.63. The summed E-state index contributed by atoms with van der Waals surface area (Å²) in [5.74, 6) is -1.28. The number of carbonyl (C=O) groups is 2. The lowest BCUT2D eigenvalue weighted by molar-refractivity contribution is -0.122. The molecule has 0 saturated carbocycles. The van der Waals surface area contributed by atoms with Crippen LogP contribution in [0.3, 0.4) is 0 Å². The van der Waals surface area contributed by atoms with Crippen LogP contribution in [0.5, 0.6) is 0 Å². The van der Waals surface area contributed by atoms with Gasteiger partial charge >= 0.3 is 5.97 Å². The van der Waals surface area contributed by atoms with Crippen molar-refractivity contribution < 1.29 is 14.7 Å². The molecule has 1 aliphatic rings. The number of nitrogens with zero attached hydrogens (tertiary/aromatic N) is 3. The Labute approximate surface area is 120 Å². The third kappa shape index (κ3) is 2.16. The summed E-state index contributed by atoms with van der Waals surface area (Å²) >= 11 is 0. The molecule has 1 amide bonds. The number of hydrogen-bond donors (Lipinski definition) is 2. The number of aromatic nitrogens is 2. The number of carbonyl (C=O) groups excluding carboxylic acids is 1. The number of anilines is 1. The van der Waals surface area contributed by atoms with Gasteiger partial charge in [0.15, 0.2) is 5.69 Å². The maximum atomic E-state index is 11.9. The van der Waals surface area contributed by atoms with E-state index in [1.165, 1.54) is 0 Å². The molecule has 1 atom stereocenters. The smallest absolute Gasteiger partial charge is 0.358 e. The fourth-order valence-corrected chi connectivity index (χ4v) is 2.56. The van der Waals surface area contributed by atoms with Crippen LogP contribution in [-0.2, 0) is 4.79 Å². The van der Waals surface area contributed by atoms with Gasteiger partial charge in [-0.25, -0.2) is 4.79 Å². The zero-order chi connectivity index (χ0) is 15.0. The molecule has 0 aliphatic carbocycles. The Balaban J connectivity index is 2.25. The van der Waals surface area contributed by atoms with Crippen molar-refractivity contribution in [3.63, 3.8) is 0 Å². The number of benzene rings is 1. The van der Waals surface area contributed by atoms with Crippen molar-refractivity contribution in [3.05, 3.63) is 30.0 Å². The molecule has 1 saturated heterocycles. The number of nitrogens with one attached hydrogen (secondary N) is 1. The van der Waals surface area contributed by atoms with E-state index in [0.717, 1.165) is 0 Å². The van der Waals surface area contributed by atoms with Gasteiger partial charge in [0.25, 0.3) is 0 Å². The highest BCUT2D eigenvalue weighted by Gasteiger charge is 2.31. The minimum Gasteiger partial charge on any atom is -0.476 e. The van der Waals surface area contributed by atoms with Crippen LogP contribution in [0.2, 0.25) is 0 Å². The summed E-state index contributed by atoms with van der Waals surface area (Å²) in [5.41, 5.74) is 0.932. The predicted octanol–water partition coefficient (Wildman–Crippen LogP) is 0.653. The van der Waals surface area contributed by atoms with Gasteiger partial charge < -0.3 is 15.3 Å². The molecule has 2 N–H and O–H groups in total. The maximum Gasteiger partial charge on any atom is 0.358 e. The second-order valence-electron chi connectivity index (χ2n) is 4.88. The fraction of sp³-hybridized carbons (Fsp3) is 0.286. The molecule has 108 valence electrons. The first-order valence-electron chi connectivity index (χ1n) is 6.62. The lowest BCUT2D eigenvalue weighted by Gasteiger charge is -2.35. The molecule has 1 aliphatic heterocycles. The summed E-state index contributed by atoms with van der Waals surface area (Å²) in [7, 11) is 0. The van der Waals surface area contributed by atoms with Crippen LogP contribution in [0, 0.1) is 0 Å². The van der Waals surface area contributed by atoms with Crippen LogP contribution >= 0.6 is 0 Å². The number of aromatic carboxylic acids is 1. The molecule has 7 nitrogen and oxygen atoms in total. The van der Waals surface area contributed by atoms with E-state index in [9.17, 15) is 14.7 Å². The van der Waals surface area contributed by atoms with Crippen LogP contribution in [0.1, 0.15) is 17.4 Å². The highest BCUT2D eigenvalue weighted by Crippen LogP contribution is 2.30. The summed E-state index contributed by atoms with van der Waals surface area (Å²) in [6.45, 7) is 2.75. The molecule has 1 unspecified atom stereocenters. The fourth-order valence-electron chi connectivity index (χ4n) is 2.56. The normalized spacial score (nSPS) is 18.6. The molecule has 2 heterocycles. The highest BCUT2D eigenvalue weighted by atomic mass is 16.4. The van der Waals surface area contributed by atoms with Gasteiger partial charge in [0, 0.05) is 18.5 Å². The lowest BCUT2D eigenvalue weighted by atomic mass is 10.1. The topological polar surface area (TPSA) is 95.4 Å².